The monoisotopic (exact) mass is 1090 g/mol. The molecule has 9 nitrogen and oxygen atoms in total. The minimum Gasteiger partial charge on any atom is -0.462 e. The van der Waals surface area contributed by atoms with E-state index >= 15 is 0 Å². The van der Waals surface area contributed by atoms with Crippen molar-refractivity contribution in [3.05, 3.63) is 122 Å². The Bertz CT molecular complexity index is 1670. The molecule has 440 valence electrons. The van der Waals surface area contributed by atoms with Crippen LogP contribution < -0.4 is 5.73 Å². The molecule has 0 saturated heterocycles. The van der Waals surface area contributed by atoms with E-state index in [0.717, 1.165) is 109 Å². The van der Waals surface area contributed by atoms with Crippen molar-refractivity contribution in [3.63, 3.8) is 0 Å². The van der Waals surface area contributed by atoms with E-state index in [9.17, 15) is 19.0 Å². The van der Waals surface area contributed by atoms with Gasteiger partial charge in [0.1, 0.15) is 6.61 Å². The second kappa shape index (κ2) is 61.6. The topological polar surface area (TPSA) is 134 Å². The molecule has 0 rings (SSSR count). The molecular weight excluding hydrogens is 978 g/mol. The van der Waals surface area contributed by atoms with E-state index in [-0.39, 0.29) is 38.6 Å². The van der Waals surface area contributed by atoms with Crippen molar-refractivity contribution >= 4 is 19.8 Å². The summed E-state index contributed by atoms with van der Waals surface area (Å²) in [6, 6.07) is 0. The van der Waals surface area contributed by atoms with Crippen molar-refractivity contribution < 1.29 is 37.6 Å². The number of carbonyl (C=O) groups excluding carboxylic acids is 2. The number of phosphoric ester groups is 1. The summed E-state index contributed by atoms with van der Waals surface area (Å²) in [5.41, 5.74) is 5.39. The maximum absolute atomic E-state index is 12.7. The largest absolute Gasteiger partial charge is 0.472 e. The number of hydrogen-bond donors (Lipinski definition) is 2. The molecule has 10 heteroatoms. The van der Waals surface area contributed by atoms with Gasteiger partial charge in [-0.2, -0.15) is 0 Å². The molecule has 3 N–H and O–H groups in total. The van der Waals surface area contributed by atoms with E-state index in [0.29, 0.717) is 6.42 Å². The number of hydrogen-bond acceptors (Lipinski definition) is 8. The molecule has 0 spiro atoms. The van der Waals surface area contributed by atoms with Crippen molar-refractivity contribution in [2.75, 3.05) is 26.4 Å². The van der Waals surface area contributed by atoms with Gasteiger partial charge in [0.25, 0.3) is 0 Å². The molecule has 0 aliphatic rings. The fourth-order valence-electron chi connectivity index (χ4n) is 8.27. The van der Waals surface area contributed by atoms with Crippen LogP contribution in [0, 0.1) is 0 Å². The lowest BCUT2D eigenvalue weighted by Crippen LogP contribution is -2.29. The van der Waals surface area contributed by atoms with Gasteiger partial charge in [-0.1, -0.05) is 257 Å². The maximum atomic E-state index is 12.7. The van der Waals surface area contributed by atoms with Crippen molar-refractivity contribution in [1.29, 1.82) is 0 Å². The molecule has 2 unspecified atom stereocenters. The Morgan fingerprint density at radius 1 is 0.403 bits per heavy atom. The van der Waals surface area contributed by atoms with Crippen molar-refractivity contribution in [3.8, 4) is 0 Å². The molecular formula is C67H114NO8P. The van der Waals surface area contributed by atoms with E-state index in [1.165, 1.54) is 116 Å². The molecule has 0 amide bonds. The fourth-order valence-corrected chi connectivity index (χ4v) is 9.04. The lowest BCUT2D eigenvalue weighted by atomic mass is 10.0. The van der Waals surface area contributed by atoms with Gasteiger partial charge in [0, 0.05) is 19.4 Å². The van der Waals surface area contributed by atoms with Crippen LogP contribution >= 0.6 is 7.82 Å². The quantitative estimate of drug-likeness (QED) is 0.0264. The standard InChI is InChI=1S/C67H114NO8P/c1-3-5-7-9-11-13-15-17-19-21-23-25-27-29-31-32-34-35-37-39-41-43-45-47-49-51-53-55-57-59-66(69)73-63-65(64-75-77(71,72)74-62-61-68)76-67(70)60-58-56-54-52-50-48-46-44-42-40-38-36-33-30-28-26-24-22-20-18-16-14-12-10-8-6-4-2/h6,8,12,14-15,17-18,20-21,23-24,26-27,29-30,33,38,40,44,46,65H,3-5,7,9-11,13,16,19,22,25,28,31-32,34-37,39,41-43,45,47-64,68H2,1-2H3,(H,71,72)/b8-6-,14-12-,17-15-,20-18-,23-21-,26-24-,29-27-,33-30-,40-38-,46-44-. The molecule has 77 heavy (non-hydrogen) atoms. The Kier molecular flexibility index (Phi) is 58.7. The smallest absolute Gasteiger partial charge is 0.462 e. The number of carbonyl (C=O) groups is 2. The van der Waals surface area contributed by atoms with Crippen molar-refractivity contribution in [2.24, 2.45) is 5.73 Å². The van der Waals surface area contributed by atoms with Gasteiger partial charge in [0.05, 0.1) is 13.2 Å². The fraction of sp³-hybridized carbons (Fsp3) is 0.672. The van der Waals surface area contributed by atoms with Crippen molar-refractivity contribution in [2.45, 2.75) is 264 Å². The van der Waals surface area contributed by atoms with Crippen LogP contribution in [0.2, 0.25) is 0 Å². The number of unbranched alkanes of at least 4 members (excludes halogenated alkanes) is 24. The number of rotatable bonds is 57. The summed E-state index contributed by atoms with van der Waals surface area (Å²) in [4.78, 5) is 35.3. The van der Waals surface area contributed by atoms with Crippen LogP contribution in [0.15, 0.2) is 122 Å². The first kappa shape index (κ1) is 73.4. The van der Waals surface area contributed by atoms with E-state index in [4.69, 9.17) is 24.3 Å². The first-order valence-corrected chi connectivity index (χ1v) is 32.5. The highest BCUT2D eigenvalue weighted by molar-refractivity contribution is 7.47. The average Bonchev–Trinajstić information content (AvgIpc) is 3.42. The molecule has 0 heterocycles. The van der Waals surface area contributed by atoms with Gasteiger partial charge < -0.3 is 20.1 Å². The predicted molar refractivity (Wildman–Crippen MR) is 330 cm³/mol. The summed E-state index contributed by atoms with van der Waals surface area (Å²) in [5.74, 6) is -0.854. The van der Waals surface area contributed by atoms with Gasteiger partial charge >= 0.3 is 19.8 Å². The molecule has 0 fully saturated rings. The van der Waals surface area contributed by atoms with Gasteiger partial charge in [-0.05, 0) is 109 Å². The minimum absolute atomic E-state index is 0.0437. The third-order valence-corrected chi connectivity index (χ3v) is 13.8. The number of allylic oxidation sites excluding steroid dienone is 20. The molecule has 0 aromatic heterocycles. The summed E-state index contributed by atoms with van der Waals surface area (Å²) in [5, 5.41) is 0. The van der Waals surface area contributed by atoms with Crippen LogP contribution in [0.25, 0.3) is 0 Å². The summed E-state index contributed by atoms with van der Waals surface area (Å²) in [7, 11) is -4.40. The third-order valence-electron chi connectivity index (χ3n) is 12.8. The summed E-state index contributed by atoms with van der Waals surface area (Å²) >= 11 is 0. The van der Waals surface area contributed by atoms with E-state index in [1.54, 1.807) is 0 Å². The van der Waals surface area contributed by atoms with Gasteiger partial charge in [-0.15, -0.1) is 0 Å². The zero-order valence-electron chi connectivity index (χ0n) is 49.2. The highest BCUT2D eigenvalue weighted by Gasteiger charge is 2.26. The summed E-state index contributed by atoms with van der Waals surface area (Å²) < 4.78 is 33.1. The van der Waals surface area contributed by atoms with E-state index < -0.39 is 26.5 Å². The number of esters is 2. The number of ether oxygens (including phenoxy) is 2. The molecule has 0 radical (unpaired) electrons. The Balaban J connectivity index is 4.02. The maximum Gasteiger partial charge on any atom is 0.472 e. The Morgan fingerprint density at radius 2 is 0.714 bits per heavy atom. The lowest BCUT2D eigenvalue weighted by molar-refractivity contribution is -0.161. The zero-order valence-corrected chi connectivity index (χ0v) is 50.0. The molecule has 0 bridgehead atoms. The van der Waals surface area contributed by atoms with Crippen LogP contribution in [0.5, 0.6) is 0 Å². The normalized spacial score (nSPS) is 13.9. The third kappa shape index (κ3) is 61.5. The van der Waals surface area contributed by atoms with Crippen LogP contribution in [-0.4, -0.2) is 49.3 Å². The van der Waals surface area contributed by atoms with Crippen molar-refractivity contribution in [1.82, 2.24) is 0 Å². The van der Waals surface area contributed by atoms with Crippen LogP contribution in [0.1, 0.15) is 258 Å². The van der Waals surface area contributed by atoms with E-state index in [2.05, 4.69) is 135 Å². The number of nitrogens with two attached hydrogens (primary N) is 1. The van der Waals surface area contributed by atoms with Crippen LogP contribution in [0.3, 0.4) is 0 Å². The summed E-state index contributed by atoms with van der Waals surface area (Å²) in [6.07, 6.45) is 85.4. The van der Waals surface area contributed by atoms with Gasteiger partial charge in [-0.3, -0.25) is 18.6 Å². The van der Waals surface area contributed by atoms with Gasteiger partial charge in [0.15, 0.2) is 6.10 Å². The highest BCUT2D eigenvalue weighted by atomic mass is 31.2. The first-order chi connectivity index (χ1) is 37.8. The SMILES string of the molecule is CC/C=C\C/C=C\C/C=C\C/C=C\C/C=C\C/C=C\C/C=C\CCCCCCCC(=O)OC(COC(=O)CCCCCCCCCCCCCCCC/C=C\C/C=C\C/C=C\CCCCCCC)COP(=O)(O)OCCN. The average molecular weight is 1090 g/mol. The Morgan fingerprint density at radius 3 is 1.06 bits per heavy atom. The molecule has 0 saturated carbocycles. The number of phosphoric acid groups is 1. The lowest BCUT2D eigenvalue weighted by Gasteiger charge is -2.19. The minimum atomic E-state index is -4.40. The van der Waals surface area contributed by atoms with Gasteiger partial charge in [-0.25, -0.2) is 4.57 Å². The molecule has 0 aromatic carbocycles. The Labute approximate surface area is 472 Å². The highest BCUT2D eigenvalue weighted by Crippen LogP contribution is 2.43. The second-order valence-electron chi connectivity index (χ2n) is 20.2. The predicted octanol–water partition coefficient (Wildman–Crippen LogP) is 20.0. The molecule has 0 aromatic rings. The molecule has 0 aliphatic carbocycles. The van der Waals surface area contributed by atoms with Crippen LogP contribution in [0.4, 0.5) is 0 Å². The molecule has 0 aliphatic heterocycles. The first-order valence-electron chi connectivity index (χ1n) is 31.0. The molecule has 2 atom stereocenters. The second-order valence-corrected chi connectivity index (χ2v) is 21.6. The Hall–Kier alpha value is -3.59. The van der Waals surface area contributed by atoms with Crippen LogP contribution in [-0.2, 0) is 32.7 Å². The van der Waals surface area contributed by atoms with E-state index in [1.807, 2.05) is 0 Å². The van der Waals surface area contributed by atoms with Gasteiger partial charge in [0.2, 0.25) is 0 Å². The zero-order chi connectivity index (χ0) is 55.9. The summed E-state index contributed by atoms with van der Waals surface area (Å²) in [6.45, 7) is 3.60.